The van der Waals surface area contributed by atoms with Gasteiger partial charge >= 0.3 is 12.1 Å². The van der Waals surface area contributed by atoms with E-state index in [1.807, 2.05) is 57.2 Å². The van der Waals surface area contributed by atoms with E-state index in [0.29, 0.717) is 12.8 Å². The maximum Gasteiger partial charge on any atom is 0.407 e. The number of rotatable bonds is 9. The molecule has 3 N–H and O–H groups in total. The van der Waals surface area contributed by atoms with Gasteiger partial charge in [-0.05, 0) is 46.4 Å². The van der Waals surface area contributed by atoms with Crippen molar-refractivity contribution in [3.8, 4) is 11.1 Å². The van der Waals surface area contributed by atoms with Crippen LogP contribution in [0.1, 0.15) is 64.5 Å². The summed E-state index contributed by atoms with van der Waals surface area (Å²) in [7, 11) is 0. The Labute approximate surface area is 207 Å². The van der Waals surface area contributed by atoms with Gasteiger partial charge in [0.2, 0.25) is 5.91 Å². The van der Waals surface area contributed by atoms with Crippen molar-refractivity contribution in [2.75, 3.05) is 6.61 Å². The van der Waals surface area contributed by atoms with Crippen molar-refractivity contribution in [3.63, 3.8) is 0 Å². The summed E-state index contributed by atoms with van der Waals surface area (Å²) < 4.78 is 5.57. The molecule has 35 heavy (non-hydrogen) atoms. The Morgan fingerprint density at radius 1 is 0.943 bits per heavy atom. The monoisotopic (exact) mass is 480 g/mol. The first-order valence-electron chi connectivity index (χ1n) is 12.1. The lowest BCUT2D eigenvalue weighted by Gasteiger charge is -2.26. The van der Waals surface area contributed by atoms with Crippen LogP contribution in [-0.4, -0.2) is 41.8 Å². The molecule has 0 spiro atoms. The van der Waals surface area contributed by atoms with E-state index in [9.17, 15) is 19.5 Å². The minimum atomic E-state index is -1.09. The van der Waals surface area contributed by atoms with Gasteiger partial charge in [-0.25, -0.2) is 9.59 Å². The van der Waals surface area contributed by atoms with E-state index in [1.54, 1.807) is 13.8 Å². The van der Waals surface area contributed by atoms with Crippen LogP contribution in [-0.2, 0) is 14.3 Å². The Kier molecular flexibility index (Phi) is 8.20. The summed E-state index contributed by atoms with van der Waals surface area (Å²) in [5.74, 6) is -1.97. The summed E-state index contributed by atoms with van der Waals surface area (Å²) in [4.78, 5) is 37.3. The molecule has 2 aromatic rings. The van der Waals surface area contributed by atoms with Crippen molar-refractivity contribution in [2.24, 2.45) is 11.3 Å². The van der Waals surface area contributed by atoms with Crippen molar-refractivity contribution in [1.29, 1.82) is 0 Å². The lowest BCUT2D eigenvalue weighted by molar-refractivity contribution is -0.142. The number of carbonyl (C=O) groups excluding carboxylic acids is 2. The number of carboxylic acid groups (broad SMARTS) is 1. The highest BCUT2D eigenvalue weighted by molar-refractivity contribution is 5.89. The van der Waals surface area contributed by atoms with Gasteiger partial charge in [0, 0.05) is 5.92 Å². The van der Waals surface area contributed by atoms with E-state index in [4.69, 9.17) is 4.74 Å². The van der Waals surface area contributed by atoms with Gasteiger partial charge in [0.05, 0.1) is 0 Å². The fraction of sp³-hybridized carbons (Fsp3) is 0.464. The molecular formula is C28H36N2O5. The fourth-order valence-corrected chi connectivity index (χ4v) is 4.40. The molecule has 188 valence electrons. The van der Waals surface area contributed by atoms with Crippen LogP contribution >= 0.6 is 0 Å². The number of carbonyl (C=O) groups is 3. The third-order valence-corrected chi connectivity index (χ3v) is 6.36. The second-order valence-corrected chi connectivity index (χ2v) is 10.7. The summed E-state index contributed by atoms with van der Waals surface area (Å²) in [5.41, 5.74) is 4.40. The van der Waals surface area contributed by atoms with Crippen LogP contribution < -0.4 is 10.6 Å². The third kappa shape index (κ3) is 6.62. The normalized spacial score (nSPS) is 14.6. The molecule has 0 radical (unpaired) electrons. The second kappa shape index (κ2) is 10.9. The van der Waals surface area contributed by atoms with Crippen LogP contribution in [0.4, 0.5) is 4.79 Å². The number of nitrogens with one attached hydrogen (secondary N) is 2. The first kappa shape index (κ1) is 26.3. The van der Waals surface area contributed by atoms with Crippen molar-refractivity contribution < 1.29 is 24.2 Å². The number of carboxylic acids is 1. The van der Waals surface area contributed by atoms with Crippen LogP contribution in [0.3, 0.4) is 0 Å². The highest BCUT2D eigenvalue weighted by Gasteiger charge is 2.32. The molecule has 3 rings (SSSR count). The van der Waals surface area contributed by atoms with Crippen LogP contribution in [0.25, 0.3) is 11.1 Å². The number of ether oxygens (including phenoxy) is 1. The van der Waals surface area contributed by atoms with E-state index in [1.165, 1.54) is 0 Å². The average molecular weight is 481 g/mol. The smallest absolute Gasteiger partial charge is 0.407 e. The van der Waals surface area contributed by atoms with Gasteiger partial charge in [-0.1, -0.05) is 83.1 Å². The topological polar surface area (TPSA) is 105 Å². The molecule has 0 aromatic heterocycles. The zero-order valence-electron chi connectivity index (χ0n) is 21.1. The summed E-state index contributed by atoms with van der Waals surface area (Å²) in [5, 5.41) is 14.8. The van der Waals surface area contributed by atoms with Gasteiger partial charge in [-0.3, -0.25) is 4.79 Å². The largest absolute Gasteiger partial charge is 0.480 e. The Bertz CT molecular complexity index is 1030. The van der Waals surface area contributed by atoms with E-state index < -0.39 is 30.1 Å². The number of fused-ring (bicyclic) bond motifs is 3. The maximum atomic E-state index is 12.9. The summed E-state index contributed by atoms with van der Waals surface area (Å²) in [6.45, 7) is 9.77. The summed E-state index contributed by atoms with van der Waals surface area (Å²) in [6, 6.07) is 14.2. The van der Waals surface area contributed by atoms with Crippen LogP contribution in [0.2, 0.25) is 0 Å². The van der Waals surface area contributed by atoms with Gasteiger partial charge in [-0.2, -0.15) is 0 Å². The molecule has 7 heteroatoms. The van der Waals surface area contributed by atoms with Crippen LogP contribution in [0.5, 0.6) is 0 Å². The first-order valence-corrected chi connectivity index (χ1v) is 12.1. The molecule has 0 heterocycles. The number of aliphatic carboxylic acids is 1. The van der Waals surface area contributed by atoms with Crippen molar-refractivity contribution in [2.45, 2.75) is 65.5 Å². The van der Waals surface area contributed by atoms with Gasteiger partial charge in [-0.15, -0.1) is 0 Å². The highest BCUT2D eigenvalue weighted by Crippen LogP contribution is 2.44. The predicted molar refractivity (Wildman–Crippen MR) is 135 cm³/mol. The molecule has 1 unspecified atom stereocenters. The van der Waals surface area contributed by atoms with E-state index in [-0.39, 0.29) is 23.9 Å². The minimum Gasteiger partial charge on any atom is -0.480 e. The number of hydrogen-bond donors (Lipinski definition) is 3. The number of hydrogen-bond acceptors (Lipinski definition) is 4. The molecule has 1 aliphatic carbocycles. The minimum absolute atomic E-state index is 0.0601. The highest BCUT2D eigenvalue weighted by atomic mass is 16.5. The molecule has 0 aliphatic heterocycles. The zero-order valence-corrected chi connectivity index (χ0v) is 21.1. The summed E-state index contributed by atoms with van der Waals surface area (Å²) in [6.07, 6.45) is 0.235. The van der Waals surface area contributed by atoms with E-state index in [2.05, 4.69) is 22.8 Å². The molecule has 0 saturated carbocycles. The first-order chi connectivity index (χ1) is 16.5. The molecular weight excluding hydrogens is 444 g/mol. The van der Waals surface area contributed by atoms with Crippen LogP contribution in [0, 0.1) is 11.3 Å². The van der Waals surface area contributed by atoms with Crippen molar-refractivity contribution in [3.05, 3.63) is 59.7 Å². The number of alkyl carbamates (subject to hydrolysis) is 1. The molecule has 0 bridgehead atoms. The van der Waals surface area contributed by atoms with Gasteiger partial charge in [0.25, 0.3) is 0 Å². The zero-order chi connectivity index (χ0) is 25.8. The van der Waals surface area contributed by atoms with E-state index >= 15 is 0 Å². The van der Waals surface area contributed by atoms with E-state index in [0.717, 1.165) is 22.3 Å². The molecule has 0 fully saturated rings. The standard InChI is InChI=1S/C28H36N2O5/c1-17(2)24(25(31)29-23(26(32)33)14-15-28(3,4)5)30-27(34)35-16-22-20-12-8-6-10-18(20)19-11-7-9-13-21(19)22/h6-13,17,22-24H,14-16H2,1-5H3,(H,29,31)(H,30,34)(H,32,33)/t23?,24-/m1/s1. The molecule has 2 atom stereocenters. The SMILES string of the molecule is CC(C)[C@@H](NC(=O)OCC1c2ccccc2-c2ccccc21)C(=O)NC(CCC(C)(C)C)C(=O)O. The second-order valence-electron chi connectivity index (χ2n) is 10.7. The Hall–Kier alpha value is -3.35. The quantitative estimate of drug-likeness (QED) is 0.471. The molecule has 1 aliphatic rings. The van der Waals surface area contributed by atoms with Crippen molar-refractivity contribution >= 4 is 18.0 Å². The lowest BCUT2D eigenvalue weighted by atomic mass is 9.88. The summed E-state index contributed by atoms with van der Waals surface area (Å²) >= 11 is 0. The molecule has 7 nitrogen and oxygen atoms in total. The van der Waals surface area contributed by atoms with Crippen LogP contribution in [0.15, 0.2) is 48.5 Å². The van der Waals surface area contributed by atoms with Gasteiger partial charge in [0.1, 0.15) is 18.7 Å². The van der Waals surface area contributed by atoms with Crippen molar-refractivity contribution in [1.82, 2.24) is 10.6 Å². The Morgan fingerprint density at radius 3 is 1.97 bits per heavy atom. The molecule has 0 saturated heterocycles. The third-order valence-electron chi connectivity index (χ3n) is 6.36. The number of benzene rings is 2. The number of amides is 2. The van der Waals surface area contributed by atoms with Gasteiger partial charge in [0.15, 0.2) is 0 Å². The Balaban J connectivity index is 1.63. The lowest BCUT2D eigenvalue weighted by Crippen LogP contribution is -2.54. The molecule has 2 amide bonds. The fourth-order valence-electron chi connectivity index (χ4n) is 4.40. The van der Waals surface area contributed by atoms with Gasteiger partial charge < -0.3 is 20.5 Å². The maximum absolute atomic E-state index is 12.9. The molecule has 2 aromatic carbocycles. The predicted octanol–water partition coefficient (Wildman–Crippen LogP) is 4.95. The Morgan fingerprint density at radius 2 is 1.49 bits per heavy atom. The average Bonchev–Trinajstić information content (AvgIpc) is 3.11.